The third-order valence-corrected chi connectivity index (χ3v) is 4.07. The molecular weight excluding hydrogens is 419 g/mol. The molecule has 3 nitrogen and oxygen atoms in total. The summed E-state index contributed by atoms with van der Waals surface area (Å²) in [7, 11) is 0. The summed E-state index contributed by atoms with van der Waals surface area (Å²) in [6.07, 6.45) is 3.48. The van der Waals surface area contributed by atoms with Crippen LogP contribution in [-0.2, 0) is 0 Å². The molecule has 1 heterocycles. The van der Waals surface area contributed by atoms with E-state index < -0.39 is 0 Å². The molecule has 1 atom stereocenters. The SMILES string of the molecule is CC(NC(=O)c1cc(I)ccc1Br)c1cccnc1. The molecule has 0 aliphatic heterocycles. The highest BCUT2D eigenvalue weighted by molar-refractivity contribution is 14.1. The fraction of sp³-hybridized carbons (Fsp3) is 0.143. The molecular formula is C14H12BrIN2O. The van der Waals surface area contributed by atoms with Crippen molar-refractivity contribution >= 4 is 44.4 Å². The van der Waals surface area contributed by atoms with Gasteiger partial charge in [0.05, 0.1) is 11.6 Å². The smallest absolute Gasteiger partial charge is 0.252 e. The van der Waals surface area contributed by atoms with Crippen molar-refractivity contribution in [2.24, 2.45) is 0 Å². The molecule has 0 aliphatic rings. The average Bonchev–Trinajstić information content (AvgIpc) is 2.42. The predicted molar refractivity (Wildman–Crippen MR) is 87.0 cm³/mol. The summed E-state index contributed by atoms with van der Waals surface area (Å²) in [6, 6.07) is 9.42. The van der Waals surface area contributed by atoms with Crippen LogP contribution in [0.1, 0.15) is 28.9 Å². The summed E-state index contributed by atoms with van der Waals surface area (Å²) in [5, 5.41) is 2.97. The van der Waals surface area contributed by atoms with Crippen LogP contribution in [0.2, 0.25) is 0 Å². The van der Waals surface area contributed by atoms with Crippen LogP contribution in [0.4, 0.5) is 0 Å². The van der Waals surface area contributed by atoms with Gasteiger partial charge in [-0.2, -0.15) is 0 Å². The van der Waals surface area contributed by atoms with Crippen LogP contribution in [0.25, 0.3) is 0 Å². The van der Waals surface area contributed by atoms with Gasteiger partial charge in [-0.1, -0.05) is 6.07 Å². The zero-order valence-electron chi connectivity index (χ0n) is 10.2. The van der Waals surface area contributed by atoms with Gasteiger partial charge in [0.1, 0.15) is 0 Å². The van der Waals surface area contributed by atoms with Crippen LogP contribution >= 0.6 is 38.5 Å². The molecule has 0 aliphatic carbocycles. The van der Waals surface area contributed by atoms with Crippen LogP contribution in [0.5, 0.6) is 0 Å². The highest BCUT2D eigenvalue weighted by Crippen LogP contribution is 2.20. The van der Waals surface area contributed by atoms with Crippen molar-refractivity contribution in [2.45, 2.75) is 13.0 Å². The molecule has 1 aromatic heterocycles. The van der Waals surface area contributed by atoms with Gasteiger partial charge in [-0.3, -0.25) is 9.78 Å². The number of carbonyl (C=O) groups is 1. The molecule has 0 radical (unpaired) electrons. The molecule has 0 spiro atoms. The minimum Gasteiger partial charge on any atom is -0.345 e. The molecule has 1 aromatic carbocycles. The summed E-state index contributed by atoms with van der Waals surface area (Å²) < 4.78 is 1.82. The monoisotopic (exact) mass is 430 g/mol. The van der Waals surface area contributed by atoms with E-state index >= 15 is 0 Å². The second-order valence-electron chi connectivity index (χ2n) is 4.11. The van der Waals surface area contributed by atoms with Crippen molar-refractivity contribution in [3.05, 3.63) is 61.9 Å². The third-order valence-electron chi connectivity index (χ3n) is 2.71. The lowest BCUT2D eigenvalue weighted by molar-refractivity contribution is 0.0939. The Morgan fingerprint density at radius 1 is 1.42 bits per heavy atom. The van der Waals surface area contributed by atoms with Crippen LogP contribution in [0, 0.1) is 3.57 Å². The van der Waals surface area contributed by atoms with Crippen molar-refractivity contribution < 1.29 is 4.79 Å². The summed E-state index contributed by atoms with van der Waals surface area (Å²) in [6.45, 7) is 1.94. The highest BCUT2D eigenvalue weighted by Gasteiger charge is 2.14. The lowest BCUT2D eigenvalue weighted by Crippen LogP contribution is -2.27. The van der Waals surface area contributed by atoms with Gasteiger partial charge >= 0.3 is 0 Å². The molecule has 5 heteroatoms. The topological polar surface area (TPSA) is 42.0 Å². The normalized spacial score (nSPS) is 11.9. The Hall–Kier alpha value is -0.950. The number of pyridine rings is 1. The number of halogens is 2. The van der Waals surface area contributed by atoms with E-state index in [1.54, 1.807) is 12.4 Å². The zero-order chi connectivity index (χ0) is 13.8. The average molecular weight is 431 g/mol. The number of nitrogens with one attached hydrogen (secondary N) is 1. The van der Waals surface area contributed by atoms with Gasteiger partial charge in [0.25, 0.3) is 5.91 Å². The first-order chi connectivity index (χ1) is 9.08. The van der Waals surface area contributed by atoms with Crippen molar-refractivity contribution in [1.29, 1.82) is 0 Å². The van der Waals surface area contributed by atoms with Crippen LogP contribution in [-0.4, -0.2) is 10.9 Å². The fourth-order valence-corrected chi connectivity index (χ4v) is 2.58. The number of nitrogens with zero attached hydrogens (tertiary/aromatic N) is 1. The molecule has 0 saturated carbocycles. The van der Waals surface area contributed by atoms with Gasteiger partial charge in [-0.15, -0.1) is 0 Å². The molecule has 98 valence electrons. The Bertz CT molecular complexity index is 589. The standard InChI is InChI=1S/C14H12BrIN2O/c1-9(10-3-2-6-17-8-10)18-14(19)12-7-11(16)4-5-13(12)15/h2-9H,1H3,(H,18,19). The molecule has 2 aromatic rings. The molecule has 19 heavy (non-hydrogen) atoms. The quantitative estimate of drug-likeness (QED) is 0.749. The van der Waals surface area contributed by atoms with Crippen LogP contribution < -0.4 is 5.32 Å². The van der Waals surface area contributed by atoms with E-state index in [-0.39, 0.29) is 11.9 Å². The Labute approximate surface area is 134 Å². The van der Waals surface area contributed by atoms with Gasteiger partial charge < -0.3 is 5.32 Å². The van der Waals surface area contributed by atoms with Crippen molar-refractivity contribution in [2.75, 3.05) is 0 Å². The van der Waals surface area contributed by atoms with Gasteiger partial charge in [0.15, 0.2) is 0 Å². The molecule has 0 fully saturated rings. The maximum Gasteiger partial charge on any atom is 0.252 e. The lowest BCUT2D eigenvalue weighted by Gasteiger charge is -2.14. The second-order valence-corrected chi connectivity index (χ2v) is 6.21. The molecule has 1 unspecified atom stereocenters. The first-order valence-corrected chi connectivity index (χ1v) is 7.61. The van der Waals surface area contributed by atoms with Gasteiger partial charge in [0, 0.05) is 20.4 Å². The van der Waals surface area contributed by atoms with Gasteiger partial charge in [0.2, 0.25) is 0 Å². The summed E-state index contributed by atoms with van der Waals surface area (Å²) >= 11 is 5.59. The Kier molecular flexibility index (Phi) is 4.93. The minimum absolute atomic E-state index is 0.0778. The number of hydrogen-bond acceptors (Lipinski definition) is 2. The Morgan fingerprint density at radius 2 is 2.21 bits per heavy atom. The van der Waals surface area contributed by atoms with Crippen molar-refractivity contribution in [3.8, 4) is 0 Å². The van der Waals surface area contributed by atoms with E-state index in [1.165, 1.54) is 0 Å². The second kappa shape index (κ2) is 6.47. The molecule has 2 rings (SSSR count). The third kappa shape index (κ3) is 3.76. The lowest BCUT2D eigenvalue weighted by atomic mass is 10.1. The fourth-order valence-electron chi connectivity index (χ4n) is 1.66. The minimum atomic E-state index is -0.0956. The highest BCUT2D eigenvalue weighted by atomic mass is 127. The first kappa shape index (κ1) is 14.5. The maximum absolute atomic E-state index is 12.2. The Balaban J connectivity index is 2.15. The number of rotatable bonds is 3. The van der Waals surface area contributed by atoms with Crippen LogP contribution in [0.15, 0.2) is 47.2 Å². The molecule has 1 amide bonds. The Morgan fingerprint density at radius 3 is 2.89 bits per heavy atom. The van der Waals surface area contributed by atoms with E-state index in [0.29, 0.717) is 5.56 Å². The van der Waals surface area contributed by atoms with E-state index in [9.17, 15) is 4.79 Å². The van der Waals surface area contributed by atoms with Crippen molar-refractivity contribution in [3.63, 3.8) is 0 Å². The summed E-state index contributed by atoms with van der Waals surface area (Å²) in [4.78, 5) is 16.3. The van der Waals surface area contributed by atoms with E-state index in [4.69, 9.17) is 0 Å². The number of aromatic nitrogens is 1. The predicted octanol–water partition coefficient (Wildman–Crippen LogP) is 3.94. The zero-order valence-corrected chi connectivity index (χ0v) is 14.0. The summed E-state index contributed by atoms with van der Waals surface area (Å²) in [5.41, 5.74) is 1.63. The van der Waals surface area contributed by atoms with Gasteiger partial charge in [-0.25, -0.2) is 0 Å². The van der Waals surface area contributed by atoms with E-state index in [2.05, 4.69) is 48.8 Å². The first-order valence-electron chi connectivity index (χ1n) is 5.74. The molecule has 0 saturated heterocycles. The van der Waals surface area contributed by atoms with E-state index in [0.717, 1.165) is 13.6 Å². The van der Waals surface area contributed by atoms with Crippen molar-refractivity contribution in [1.82, 2.24) is 10.3 Å². The number of hydrogen-bond donors (Lipinski definition) is 1. The van der Waals surface area contributed by atoms with Gasteiger partial charge in [-0.05, 0) is 75.3 Å². The summed E-state index contributed by atoms with van der Waals surface area (Å²) in [5.74, 6) is -0.0956. The number of benzene rings is 1. The maximum atomic E-state index is 12.2. The number of amides is 1. The molecule has 1 N–H and O–H groups in total. The van der Waals surface area contributed by atoms with Crippen LogP contribution in [0.3, 0.4) is 0 Å². The van der Waals surface area contributed by atoms with E-state index in [1.807, 2.05) is 37.3 Å². The molecule has 0 bridgehead atoms. The number of carbonyl (C=O) groups excluding carboxylic acids is 1. The largest absolute Gasteiger partial charge is 0.345 e.